The van der Waals surface area contributed by atoms with Crippen LogP contribution in [0.2, 0.25) is 0 Å². The average molecular weight is 263 g/mol. The summed E-state index contributed by atoms with van der Waals surface area (Å²) >= 11 is 0. The van der Waals surface area contributed by atoms with E-state index in [1.807, 2.05) is 13.2 Å². The van der Waals surface area contributed by atoms with Gasteiger partial charge in [-0.05, 0) is 18.1 Å². The Kier molecular flexibility index (Phi) is 3.74. The van der Waals surface area contributed by atoms with Crippen LogP contribution in [0.3, 0.4) is 0 Å². The maximum absolute atomic E-state index is 13.2. The Morgan fingerprint density at radius 1 is 1.42 bits per heavy atom. The lowest BCUT2D eigenvalue weighted by Gasteiger charge is -2.08. The van der Waals surface area contributed by atoms with Crippen LogP contribution >= 0.6 is 0 Å². The first-order valence-corrected chi connectivity index (χ1v) is 6.22. The Morgan fingerprint density at radius 2 is 2.16 bits per heavy atom. The van der Waals surface area contributed by atoms with Crippen molar-refractivity contribution in [2.75, 3.05) is 5.32 Å². The van der Waals surface area contributed by atoms with Gasteiger partial charge in [0, 0.05) is 37.1 Å². The van der Waals surface area contributed by atoms with Gasteiger partial charge in [0.25, 0.3) is 0 Å². The van der Waals surface area contributed by atoms with Crippen molar-refractivity contribution in [1.29, 1.82) is 0 Å². The van der Waals surface area contributed by atoms with Gasteiger partial charge in [0.2, 0.25) is 0 Å². The van der Waals surface area contributed by atoms with Crippen LogP contribution in [0.1, 0.15) is 31.0 Å². The number of aromatic hydroxyl groups is 1. The Bertz CT molecular complexity index is 578. The van der Waals surface area contributed by atoms with Gasteiger partial charge < -0.3 is 10.4 Å². The largest absolute Gasteiger partial charge is 0.505 e. The van der Waals surface area contributed by atoms with E-state index < -0.39 is 5.82 Å². The predicted octanol–water partition coefficient (Wildman–Crippen LogP) is 3.00. The molecule has 1 aromatic heterocycles. The van der Waals surface area contributed by atoms with E-state index >= 15 is 0 Å². The minimum atomic E-state index is -0.625. The Labute approximate surface area is 111 Å². The predicted molar refractivity (Wildman–Crippen MR) is 72.7 cm³/mol. The van der Waals surface area contributed by atoms with Gasteiger partial charge in [-0.1, -0.05) is 13.8 Å². The summed E-state index contributed by atoms with van der Waals surface area (Å²) in [5.41, 5.74) is 2.76. The summed E-state index contributed by atoms with van der Waals surface area (Å²) in [6.45, 7) is 4.75. The van der Waals surface area contributed by atoms with Gasteiger partial charge in [0.05, 0.1) is 5.69 Å². The Morgan fingerprint density at radius 3 is 2.79 bits per heavy atom. The van der Waals surface area contributed by atoms with E-state index in [-0.39, 0.29) is 5.75 Å². The molecule has 0 bridgehead atoms. The molecule has 0 unspecified atom stereocenters. The summed E-state index contributed by atoms with van der Waals surface area (Å²) in [4.78, 5) is 0. The van der Waals surface area contributed by atoms with Gasteiger partial charge in [-0.25, -0.2) is 4.39 Å². The number of nitrogens with one attached hydrogen (secondary N) is 1. The lowest BCUT2D eigenvalue weighted by atomic mass is 10.1. The molecular weight excluding hydrogens is 245 g/mol. The maximum Gasteiger partial charge on any atom is 0.166 e. The normalized spacial score (nSPS) is 11.0. The van der Waals surface area contributed by atoms with Crippen molar-refractivity contribution >= 4 is 5.69 Å². The fraction of sp³-hybridized carbons (Fsp3) is 0.357. The van der Waals surface area contributed by atoms with Crippen LogP contribution in [0.4, 0.5) is 10.1 Å². The highest BCUT2D eigenvalue weighted by atomic mass is 19.1. The van der Waals surface area contributed by atoms with E-state index in [0.717, 1.165) is 11.3 Å². The zero-order chi connectivity index (χ0) is 14.0. The number of phenols is 1. The topological polar surface area (TPSA) is 50.1 Å². The van der Waals surface area contributed by atoms with E-state index in [4.69, 9.17) is 5.11 Å². The Balaban J connectivity index is 2.12. The molecule has 19 heavy (non-hydrogen) atoms. The first kappa shape index (κ1) is 13.4. The van der Waals surface area contributed by atoms with Crippen molar-refractivity contribution in [3.05, 3.63) is 41.5 Å². The molecule has 0 spiro atoms. The minimum Gasteiger partial charge on any atom is -0.505 e. The zero-order valence-electron chi connectivity index (χ0n) is 11.3. The summed E-state index contributed by atoms with van der Waals surface area (Å²) in [7, 11) is 1.88. The molecule has 0 aliphatic carbocycles. The summed E-state index contributed by atoms with van der Waals surface area (Å²) in [6, 6.07) is 4.26. The van der Waals surface area contributed by atoms with Crippen LogP contribution in [0.15, 0.2) is 24.4 Å². The van der Waals surface area contributed by atoms with Gasteiger partial charge in [0.15, 0.2) is 11.6 Å². The SMILES string of the molecule is CC(C)c1nn(C)cc1CNc1ccc(O)c(F)c1. The molecule has 0 radical (unpaired) electrons. The highest BCUT2D eigenvalue weighted by Crippen LogP contribution is 2.22. The molecule has 2 N–H and O–H groups in total. The molecule has 5 heteroatoms. The van der Waals surface area contributed by atoms with Crippen molar-refractivity contribution in [3.8, 4) is 5.75 Å². The van der Waals surface area contributed by atoms with E-state index in [1.54, 1.807) is 10.7 Å². The molecule has 0 amide bonds. The van der Waals surface area contributed by atoms with E-state index in [9.17, 15) is 4.39 Å². The lowest BCUT2D eigenvalue weighted by molar-refractivity contribution is 0.432. The summed E-state index contributed by atoms with van der Waals surface area (Å²) in [6.07, 6.45) is 1.96. The molecule has 0 saturated carbocycles. The third-order valence-corrected chi connectivity index (χ3v) is 2.91. The molecule has 0 atom stereocenters. The van der Waals surface area contributed by atoms with Crippen molar-refractivity contribution in [2.45, 2.75) is 26.3 Å². The van der Waals surface area contributed by atoms with Crippen molar-refractivity contribution in [3.63, 3.8) is 0 Å². The number of phenolic OH excluding ortho intramolecular Hbond substituents is 1. The fourth-order valence-corrected chi connectivity index (χ4v) is 1.99. The molecule has 102 valence electrons. The standard InChI is InChI=1S/C14H18FN3O/c1-9(2)14-10(8-18(3)17-14)7-16-11-4-5-13(19)12(15)6-11/h4-6,8-9,16,19H,7H2,1-3H3. The smallest absolute Gasteiger partial charge is 0.166 e. The third-order valence-electron chi connectivity index (χ3n) is 2.91. The zero-order valence-corrected chi connectivity index (χ0v) is 11.3. The molecule has 2 rings (SSSR count). The van der Waals surface area contributed by atoms with Crippen LogP contribution in [0.5, 0.6) is 5.75 Å². The highest BCUT2D eigenvalue weighted by Gasteiger charge is 2.11. The first-order valence-electron chi connectivity index (χ1n) is 6.22. The Hall–Kier alpha value is -2.04. The highest BCUT2D eigenvalue weighted by molar-refractivity contribution is 5.47. The number of nitrogens with zero attached hydrogens (tertiary/aromatic N) is 2. The van der Waals surface area contributed by atoms with Gasteiger partial charge in [-0.2, -0.15) is 5.10 Å². The second-order valence-corrected chi connectivity index (χ2v) is 4.89. The third kappa shape index (κ3) is 3.05. The van der Waals surface area contributed by atoms with Crippen LogP contribution in [-0.2, 0) is 13.6 Å². The average Bonchev–Trinajstić information content (AvgIpc) is 2.72. The van der Waals surface area contributed by atoms with Gasteiger partial charge in [0.1, 0.15) is 0 Å². The second-order valence-electron chi connectivity index (χ2n) is 4.89. The number of aromatic nitrogens is 2. The van der Waals surface area contributed by atoms with Gasteiger partial charge in [-0.3, -0.25) is 4.68 Å². The molecule has 2 aromatic rings. The summed E-state index contributed by atoms with van der Waals surface area (Å²) in [5, 5.41) is 16.7. The quantitative estimate of drug-likeness (QED) is 0.834. The number of benzene rings is 1. The molecule has 0 saturated heterocycles. The summed E-state index contributed by atoms with van der Waals surface area (Å²) < 4.78 is 15.0. The number of rotatable bonds is 4. The molecule has 0 aliphatic rings. The van der Waals surface area contributed by atoms with Crippen molar-refractivity contribution < 1.29 is 9.50 Å². The number of anilines is 1. The molecule has 4 nitrogen and oxygen atoms in total. The van der Waals surface area contributed by atoms with E-state index in [1.165, 1.54) is 12.1 Å². The van der Waals surface area contributed by atoms with Crippen molar-refractivity contribution in [2.24, 2.45) is 7.05 Å². The monoisotopic (exact) mass is 263 g/mol. The molecular formula is C14H18FN3O. The van der Waals surface area contributed by atoms with Crippen LogP contribution < -0.4 is 5.32 Å². The lowest BCUT2D eigenvalue weighted by Crippen LogP contribution is -2.02. The second kappa shape index (κ2) is 5.30. The van der Waals surface area contributed by atoms with E-state index in [0.29, 0.717) is 18.2 Å². The van der Waals surface area contributed by atoms with Gasteiger partial charge >= 0.3 is 0 Å². The number of hydrogen-bond acceptors (Lipinski definition) is 3. The fourth-order valence-electron chi connectivity index (χ4n) is 1.99. The molecule has 1 aromatic carbocycles. The van der Waals surface area contributed by atoms with Crippen LogP contribution in [0.25, 0.3) is 0 Å². The van der Waals surface area contributed by atoms with Crippen LogP contribution in [0, 0.1) is 5.82 Å². The molecule has 0 aliphatic heterocycles. The minimum absolute atomic E-state index is 0.338. The number of hydrogen-bond donors (Lipinski definition) is 2. The van der Waals surface area contributed by atoms with E-state index in [2.05, 4.69) is 24.3 Å². The summed E-state index contributed by atoms with van der Waals surface area (Å²) in [5.74, 6) is -0.621. The number of halogens is 1. The first-order chi connectivity index (χ1) is 8.97. The number of aryl methyl sites for hydroxylation is 1. The van der Waals surface area contributed by atoms with Gasteiger partial charge in [-0.15, -0.1) is 0 Å². The molecule has 0 fully saturated rings. The maximum atomic E-state index is 13.2. The van der Waals surface area contributed by atoms with Crippen LogP contribution in [-0.4, -0.2) is 14.9 Å². The molecule has 1 heterocycles. The van der Waals surface area contributed by atoms with Crippen molar-refractivity contribution in [1.82, 2.24) is 9.78 Å².